The van der Waals surface area contributed by atoms with Gasteiger partial charge in [-0.15, -0.1) is 0 Å². The molecule has 0 aliphatic rings. The molecule has 0 aliphatic carbocycles. The number of anilines is 4. The van der Waals surface area contributed by atoms with Gasteiger partial charge < -0.3 is 10.6 Å². The van der Waals surface area contributed by atoms with Crippen molar-refractivity contribution in [2.45, 2.75) is 13.8 Å². The summed E-state index contributed by atoms with van der Waals surface area (Å²) in [4.78, 5) is 28.1. The first kappa shape index (κ1) is 18.2. The minimum atomic E-state index is -0.520. The number of fused-ring (bicyclic) bond motifs is 1. The van der Waals surface area contributed by atoms with E-state index in [2.05, 4.69) is 30.6 Å². The van der Waals surface area contributed by atoms with E-state index in [1.807, 2.05) is 50.2 Å². The minimum absolute atomic E-state index is 0.0554. The molecule has 0 bridgehead atoms. The molecule has 0 saturated heterocycles. The molecule has 9 heteroatoms. The molecule has 29 heavy (non-hydrogen) atoms. The number of pyridine rings is 2. The van der Waals surface area contributed by atoms with Gasteiger partial charge in [0.15, 0.2) is 0 Å². The molecular formula is C20H17N7O2. The van der Waals surface area contributed by atoms with Crippen LogP contribution in [0.1, 0.15) is 11.3 Å². The molecule has 9 nitrogen and oxygen atoms in total. The smallest absolute Gasteiger partial charge is 0.334 e. The monoisotopic (exact) mass is 387 g/mol. The van der Waals surface area contributed by atoms with Crippen LogP contribution < -0.4 is 10.6 Å². The molecule has 3 aromatic heterocycles. The topological polar surface area (TPSA) is 119 Å². The second-order valence-electron chi connectivity index (χ2n) is 6.47. The number of aryl methyl sites for hydroxylation is 2. The summed E-state index contributed by atoms with van der Waals surface area (Å²) in [6.45, 7) is 3.82. The third-order valence-corrected chi connectivity index (χ3v) is 4.29. The molecule has 2 N–H and O–H groups in total. The molecule has 0 spiro atoms. The largest absolute Gasteiger partial charge is 0.353 e. The Kier molecular flexibility index (Phi) is 4.70. The summed E-state index contributed by atoms with van der Waals surface area (Å²) in [5.41, 5.74) is 3.04. The molecular weight excluding hydrogens is 370 g/mol. The second kappa shape index (κ2) is 7.47. The van der Waals surface area contributed by atoms with Gasteiger partial charge in [0, 0.05) is 23.0 Å². The highest BCUT2D eigenvalue weighted by molar-refractivity contribution is 5.94. The molecule has 0 fully saturated rings. The summed E-state index contributed by atoms with van der Waals surface area (Å²) in [5.74, 6) is 0.593. The number of hydrogen-bond acceptors (Lipinski definition) is 8. The second-order valence-corrected chi connectivity index (χ2v) is 6.47. The van der Waals surface area contributed by atoms with Crippen LogP contribution in [0.15, 0.2) is 55.0 Å². The third-order valence-electron chi connectivity index (χ3n) is 4.29. The first-order chi connectivity index (χ1) is 14.0. The highest BCUT2D eigenvalue weighted by Gasteiger charge is 2.24. The van der Waals surface area contributed by atoms with E-state index in [4.69, 9.17) is 0 Å². The maximum absolute atomic E-state index is 11.8. The Hall–Kier alpha value is -4.14. The highest BCUT2D eigenvalue weighted by Crippen LogP contribution is 2.34. The van der Waals surface area contributed by atoms with Crippen LogP contribution in [-0.2, 0) is 0 Å². The lowest BCUT2D eigenvalue weighted by Crippen LogP contribution is -2.06. The van der Waals surface area contributed by atoms with E-state index in [0.29, 0.717) is 11.5 Å². The van der Waals surface area contributed by atoms with Crippen molar-refractivity contribution in [2.24, 2.45) is 0 Å². The number of aromatic nitrogens is 4. The lowest BCUT2D eigenvalue weighted by atomic mass is 10.1. The molecule has 0 amide bonds. The zero-order valence-electron chi connectivity index (χ0n) is 15.7. The van der Waals surface area contributed by atoms with Crippen molar-refractivity contribution in [3.63, 3.8) is 0 Å². The zero-order valence-corrected chi connectivity index (χ0v) is 15.7. The van der Waals surface area contributed by atoms with E-state index in [1.165, 1.54) is 6.33 Å². The van der Waals surface area contributed by atoms with Gasteiger partial charge in [-0.1, -0.05) is 6.07 Å². The van der Waals surface area contributed by atoms with E-state index in [0.717, 1.165) is 22.2 Å². The van der Waals surface area contributed by atoms with Crippen molar-refractivity contribution in [1.82, 2.24) is 19.9 Å². The number of nitro groups is 1. The Morgan fingerprint density at radius 3 is 2.52 bits per heavy atom. The summed E-state index contributed by atoms with van der Waals surface area (Å²) >= 11 is 0. The quantitative estimate of drug-likeness (QED) is 0.381. The fraction of sp³-hybridized carbons (Fsp3) is 0.100. The number of nitrogens with zero attached hydrogens (tertiary/aromatic N) is 5. The fourth-order valence-corrected chi connectivity index (χ4v) is 2.95. The average molecular weight is 387 g/mol. The molecule has 0 unspecified atom stereocenters. The zero-order chi connectivity index (χ0) is 20.4. The SMILES string of the molecule is Cc1ccnc(Nc2ncnc(Nc3cccc4nc(C)ccc34)c2[N+](=O)[O-])c1. The maximum atomic E-state index is 11.8. The first-order valence-corrected chi connectivity index (χ1v) is 8.84. The molecule has 0 radical (unpaired) electrons. The predicted molar refractivity (Wildman–Crippen MR) is 111 cm³/mol. The molecule has 3 heterocycles. The van der Waals surface area contributed by atoms with Gasteiger partial charge in [0.05, 0.1) is 10.4 Å². The van der Waals surface area contributed by atoms with Gasteiger partial charge in [-0.2, -0.15) is 0 Å². The molecule has 1 aromatic carbocycles. The van der Waals surface area contributed by atoms with Crippen molar-refractivity contribution in [2.75, 3.05) is 10.6 Å². The Morgan fingerprint density at radius 1 is 0.966 bits per heavy atom. The fourth-order valence-electron chi connectivity index (χ4n) is 2.95. The van der Waals surface area contributed by atoms with Gasteiger partial charge >= 0.3 is 5.69 Å². The van der Waals surface area contributed by atoms with Crippen LogP contribution in [0.25, 0.3) is 10.9 Å². The van der Waals surface area contributed by atoms with E-state index < -0.39 is 4.92 Å². The van der Waals surface area contributed by atoms with Crippen molar-refractivity contribution >= 4 is 39.7 Å². The molecule has 0 aliphatic heterocycles. The number of nitrogens with one attached hydrogen (secondary N) is 2. The predicted octanol–water partition coefficient (Wildman–Crippen LogP) is 4.43. The maximum Gasteiger partial charge on any atom is 0.353 e. The summed E-state index contributed by atoms with van der Waals surface area (Å²) in [6.07, 6.45) is 2.88. The molecule has 0 saturated carbocycles. The van der Waals surface area contributed by atoms with Crippen LogP contribution in [0.4, 0.5) is 28.8 Å². The standard InChI is InChI=1S/C20H17N7O2/c1-12-8-9-21-17(10-12)26-20-18(27(28)29)19(22-11-23-20)25-16-5-3-4-15-14(16)7-6-13(2)24-15/h3-11H,1-2H3,(H2,21,22,23,25,26). The van der Waals surface area contributed by atoms with Gasteiger partial charge in [0.1, 0.15) is 12.1 Å². The van der Waals surface area contributed by atoms with Crippen LogP contribution in [0, 0.1) is 24.0 Å². The van der Waals surface area contributed by atoms with E-state index >= 15 is 0 Å². The number of rotatable bonds is 5. The van der Waals surface area contributed by atoms with Gasteiger partial charge in [-0.05, 0) is 55.8 Å². The number of benzene rings is 1. The Bertz CT molecular complexity index is 1230. The molecule has 4 aromatic rings. The average Bonchev–Trinajstić information content (AvgIpc) is 2.68. The number of hydrogen-bond donors (Lipinski definition) is 2. The summed E-state index contributed by atoms with van der Waals surface area (Å²) in [5, 5.41) is 18.6. The van der Waals surface area contributed by atoms with Crippen LogP contribution in [0.3, 0.4) is 0 Å². The van der Waals surface area contributed by atoms with E-state index in [9.17, 15) is 10.1 Å². The Morgan fingerprint density at radius 2 is 1.76 bits per heavy atom. The Balaban J connectivity index is 1.76. The lowest BCUT2D eigenvalue weighted by molar-refractivity contribution is -0.383. The third kappa shape index (κ3) is 3.79. The van der Waals surface area contributed by atoms with E-state index in [1.54, 1.807) is 12.3 Å². The van der Waals surface area contributed by atoms with Crippen LogP contribution in [-0.4, -0.2) is 24.9 Å². The molecule has 144 valence electrons. The normalized spacial score (nSPS) is 10.7. The molecule has 0 atom stereocenters. The lowest BCUT2D eigenvalue weighted by Gasteiger charge is -2.11. The van der Waals surface area contributed by atoms with Crippen LogP contribution in [0.2, 0.25) is 0 Å². The Labute approximate surface area is 166 Å². The van der Waals surface area contributed by atoms with Gasteiger partial charge in [-0.25, -0.2) is 15.0 Å². The van der Waals surface area contributed by atoms with Crippen molar-refractivity contribution in [3.8, 4) is 0 Å². The summed E-state index contributed by atoms with van der Waals surface area (Å²) < 4.78 is 0. The summed E-state index contributed by atoms with van der Waals surface area (Å²) in [7, 11) is 0. The van der Waals surface area contributed by atoms with Crippen LogP contribution in [0.5, 0.6) is 0 Å². The van der Waals surface area contributed by atoms with Crippen molar-refractivity contribution in [1.29, 1.82) is 0 Å². The summed E-state index contributed by atoms with van der Waals surface area (Å²) in [6, 6.07) is 13.0. The van der Waals surface area contributed by atoms with E-state index in [-0.39, 0.29) is 17.3 Å². The highest BCUT2D eigenvalue weighted by atomic mass is 16.6. The van der Waals surface area contributed by atoms with Gasteiger partial charge in [0.2, 0.25) is 11.6 Å². The van der Waals surface area contributed by atoms with Crippen molar-refractivity contribution < 1.29 is 4.92 Å². The first-order valence-electron chi connectivity index (χ1n) is 8.84. The molecule has 4 rings (SSSR count). The minimum Gasteiger partial charge on any atom is -0.334 e. The van der Waals surface area contributed by atoms with Crippen LogP contribution >= 0.6 is 0 Å². The van der Waals surface area contributed by atoms with Gasteiger partial charge in [0.25, 0.3) is 0 Å². The van der Waals surface area contributed by atoms with Gasteiger partial charge in [-0.3, -0.25) is 15.1 Å². The van der Waals surface area contributed by atoms with Crippen molar-refractivity contribution in [3.05, 3.63) is 76.4 Å².